The molecule has 0 saturated heterocycles. The number of fused-ring (bicyclic) bond motifs is 1. The fourth-order valence-electron chi connectivity index (χ4n) is 2.98. The first kappa shape index (κ1) is 14.6. The second-order valence-electron chi connectivity index (χ2n) is 5.61. The summed E-state index contributed by atoms with van der Waals surface area (Å²) in [6.07, 6.45) is 6.33. The van der Waals surface area contributed by atoms with Gasteiger partial charge in [0.25, 0.3) is 0 Å². The lowest BCUT2D eigenvalue weighted by atomic mass is 9.84. The Labute approximate surface area is 130 Å². The molecule has 0 saturated carbocycles. The molecule has 1 aromatic carbocycles. The summed E-state index contributed by atoms with van der Waals surface area (Å²) in [6.45, 7) is 0.503. The van der Waals surface area contributed by atoms with E-state index in [1.807, 2.05) is 36.5 Å². The number of methoxy groups -OCH3 is 1. The van der Waals surface area contributed by atoms with Gasteiger partial charge in [-0.2, -0.15) is 0 Å². The third kappa shape index (κ3) is 3.11. The SMILES string of the molecule is COc1ccccc1CNC(=O)C1CCc2cnccc2C1. The van der Waals surface area contributed by atoms with Crippen molar-refractivity contribution in [2.24, 2.45) is 5.92 Å². The average molecular weight is 296 g/mol. The second kappa shape index (κ2) is 6.60. The Balaban J connectivity index is 1.61. The van der Waals surface area contributed by atoms with Gasteiger partial charge >= 0.3 is 0 Å². The van der Waals surface area contributed by atoms with E-state index in [9.17, 15) is 4.79 Å². The Hall–Kier alpha value is -2.36. The Morgan fingerprint density at radius 1 is 1.32 bits per heavy atom. The molecule has 0 fully saturated rings. The molecular weight excluding hydrogens is 276 g/mol. The number of ether oxygens (including phenoxy) is 1. The van der Waals surface area contributed by atoms with Crippen LogP contribution in [0.5, 0.6) is 5.75 Å². The Morgan fingerprint density at radius 3 is 3.05 bits per heavy atom. The van der Waals surface area contributed by atoms with Crippen molar-refractivity contribution in [1.82, 2.24) is 10.3 Å². The van der Waals surface area contributed by atoms with Crippen molar-refractivity contribution < 1.29 is 9.53 Å². The molecule has 1 heterocycles. The van der Waals surface area contributed by atoms with Gasteiger partial charge in [-0.25, -0.2) is 0 Å². The van der Waals surface area contributed by atoms with Crippen LogP contribution in [0.4, 0.5) is 0 Å². The molecule has 0 bridgehead atoms. The van der Waals surface area contributed by atoms with Gasteiger partial charge in [0, 0.05) is 30.4 Å². The zero-order valence-electron chi connectivity index (χ0n) is 12.7. The van der Waals surface area contributed by atoms with Crippen LogP contribution in [-0.4, -0.2) is 18.0 Å². The molecule has 4 nitrogen and oxygen atoms in total. The average Bonchev–Trinajstić information content (AvgIpc) is 2.59. The number of para-hydroxylation sites is 1. The van der Waals surface area contributed by atoms with E-state index in [1.54, 1.807) is 13.3 Å². The summed E-state index contributed by atoms with van der Waals surface area (Å²) in [6, 6.07) is 9.78. The molecule has 1 aliphatic carbocycles. The van der Waals surface area contributed by atoms with Crippen LogP contribution in [0, 0.1) is 5.92 Å². The minimum atomic E-state index is 0.0459. The van der Waals surface area contributed by atoms with Gasteiger partial charge in [0.1, 0.15) is 5.75 Å². The number of aromatic nitrogens is 1. The summed E-state index contributed by atoms with van der Waals surface area (Å²) in [7, 11) is 1.65. The quantitative estimate of drug-likeness (QED) is 0.943. The fraction of sp³-hybridized carbons (Fsp3) is 0.333. The second-order valence-corrected chi connectivity index (χ2v) is 5.61. The van der Waals surface area contributed by atoms with Crippen molar-refractivity contribution in [3.8, 4) is 5.75 Å². The number of benzene rings is 1. The number of carbonyl (C=O) groups excluding carboxylic acids is 1. The van der Waals surface area contributed by atoms with Crippen molar-refractivity contribution in [2.75, 3.05) is 7.11 Å². The van der Waals surface area contributed by atoms with Crippen LogP contribution in [-0.2, 0) is 24.2 Å². The zero-order valence-corrected chi connectivity index (χ0v) is 12.7. The molecule has 0 aliphatic heterocycles. The summed E-state index contributed by atoms with van der Waals surface area (Å²) in [5, 5.41) is 3.04. The topological polar surface area (TPSA) is 51.2 Å². The number of rotatable bonds is 4. The summed E-state index contributed by atoms with van der Waals surface area (Å²) >= 11 is 0. The highest BCUT2D eigenvalue weighted by Gasteiger charge is 2.24. The number of nitrogens with zero attached hydrogens (tertiary/aromatic N) is 1. The van der Waals surface area contributed by atoms with Gasteiger partial charge in [-0.15, -0.1) is 0 Å². The molecule has 2 aromatic rings. The van der Waals surface area contributed by atoms with Crippen LogP contribution in [0.3, 0.4) is 0 Å². The van der Waals surface area contributed by atoms with Crippen molar-refractivity contribution in [1.29, 1.82) is 0 Å². The first-order valence-electron chi connectivity index (χ1n) is 7.59. The van der Waals surface area contributed by atoms with Crippen LogP contribution in [0.1, 0.15) is 23.1 Å². The molecule has 1 amide bonds. The third-order valence-electron chi connectivity index (χ3n) is 4.25. The Kier molecular flexibility index (Phi) is 4.37. The molecule has 1 N–H and O–H groups in total. The van der Waals surface area contributed by atoms with E-state index in [1.165, 1.54) is 11.1 Å². The number of hydrogen-bond donors (Lipinski definition) is 1. The van der Waals surface area contributed by atoms with Crippen LogP contribution in [0.25, 0.3) is 0 Å². The minimum absolute atomic E-state index is 0.0459. The van der Waals surface area contributed by atoms with E-state index in [4.69, 9.17) is 4.74 Å². The molecular formula is C18H20N2O2. The van der Waals surface area contributed by atoms with Crippen molar-refractivity contribution in [2.45, 2.75) is 25.8 Å². The Bertz CT molecular complexity index is 670. The minimum Gasteiger partial charge on any atom is -0.496 e. The van der Waals surface area contributed by atoms with E-state index >= 15 is 0 Å². The maximum absolute atomic E-state index is 12.4. The highest BCUT2D eigenvalue weighted by atomic mass is 16.5. The zero-order chi connectivity index (χ0) is 15.4. The summed E-state index contributed by atoms with van der Waals surface area (Å²) < 4.78 is 5.31. The highest BCUT2D eigenvalue weighted by molar-refractivity contribution is 5.79. The van der Waals surface area contributed by atoms with Crippen molar-refractivity contribution in [3.05, 3.63) is 59.4 Å². The monoisotopic (exact) mass is 296 g/mol. The number of aryl methyl sites for hydroxylation is 1. The molecule has 0 spiro atoms. The predicted molar refractivity (Wildman–Crippen MR) is 84.6 cm³/mol. The summed E-state index contributed by atoms with van der Waals surface area (Å²) in [5.41, 5.74) is 3.52. The van der Waals surface area contributed by atoms with Gasteiger partial charge in [0.15, 0.2) is 0 Å². The predicted octanol–water partition coefficient (Wildman–Crippen LogP) is 2.51. The molecule has 1 atom stereocenters. The van der Waals surface area contributed by atoms with E-state index in [0.29, 0.717) is 6.54 Å². The first-order valence-corrected chi connectivity index (χ1v) is 7.59. The maximum Gasteiger partial charge on any atom is 0.223 e. The van der Waals surface area contributed by atoms with Crippen LogP contribution >= 0.6 is 0 Å². The van der Waals surface area contributed by atoms with E-state index in [0.717, 1.165) is 30.6 Å². The normalized spacial score (nSPS) is 16.7. The first-order chi connectivity index (χ1) is 10.8. The molecule has 1 aromatic heterocycles. The van der Waals surface area contributed by atoms with E-state index < -0.39 is 0 Å². The number of hydrogen-bond acceptors (Lipinski definition) is 3. The number of amides is 1. The molecule has 4 heteroatoms. The fourth-order valence-corrected chi connectivity index (χ4v) is 2.98. The molecule has 22 heavy (non-hydrogen) atoms. The lowest BCUT2D eigenvalue weighted by molar-refractivity contribution is -0.125. The molecule has 1 unspecified atom stereocenters. The number of nitrogens with one attached hydrogen (secondary N) is 1. The van der Waals surface area contributed by atoms with Gasteiger partial charge in [-0.05, 0) is 42.5 Å². The maximum atomic E-state index is 12.4. The number of pyridine rings is 1. The highest BCUT2D eigenvalue weighted by Crippen LogP contribution is 2.25. The van der Waals surface area contributed by atoms with Crippen LogP contribution in [0.2, 0.25) is 0 Å². The Morgan fingerprint density at radius 2 is 2.18 bits per heavy atom. The van der Waals surface area contributed by atoms with Gasteiger partial charge in [0.2, 0.25) is 5.91 Å². The summed E-state index contributed by atoms with van der Waals surface area (Å²) in [4.78, 5) is 16.6. The lowest BCUT2D eigenvalue weighted by Crippen LogP contribution is -2.33. The van der Waals surface area contributed by atoms with Crippen LogP contribution in [0.15, 0.2) is 42.7 Å². The van der Waals surface area contributed by atoms with Gasteiger partial charge in [0.05, 0.1) is 7.11 Å². The largest absolute Gasteiger partial charge is 0.496 e. The van der Waals surface area contributed by atoms with Crippen molar-refractivity contribution >= 4 is 5.91 Å². The van der Waals surface area contributed by atoms with Gasteiger partial charge in [-0.1, -0.05) is 18.2 Å². The van der Waals surface area contributed by atoms with Gasteiger partial charge < -0.3 is 10.1 Å². The van der Waals surface area contributed by atoms with E-state index in [2.05, 4.69) is 10.3 Å². The molecule has 1 aliphatic rings. The lowest BCUT2D eigenvalue weighted by Gasteiger charge is -2.23. The standard InChI is InChI=1S/C18H20N2O2/c1-22-17-5-3-2-4-16(17)12-20-18(21)14-6-7-15-11-19-9-8-13(15)10-14/h2-5,8-9,11,14H,6-7,10,12H2,1H3,(H,20,21). The molecule has 114 valence electrons. The smallest absolute Gasteiger partial charge is 0.223 e. The van der Waals surface area contributed by atoms with E-state index in [-0.39, 0.29) is 11.8 Å². The van der Waals surface area contributed by atoms with Gasteiger partial charge in [-0.3, -0.25) is 9.78 Å². The number of carbonyl (C=O) groups is 1. The van der Waals surface area contributed by atoms with Crippen LogP contribution < -0.4 is 10.1 Å². The molecule has 3 rings (SSSR count). The summed E-state index contributed by atoms with van der Waals surface area (Å²) in [5.74, 6) is 0.973. The molecule has 0 radical (unpaired) electrons. The third-order valence-corrected chi connectivity index (χ3v) is 4.25. The van der Waals surface area contributed by atoms with Crippen molar-refractivity contribution in [3.63, 3.8) is 0 Å².